The quantitative estimate of drug-likeness (QED) is 0.695. The molecule has 3 atom stereocenters. The first-order valence-corrected chi connectivity index (χ1v) is 6.42. The molecule has 116 valence electrons. The van der Waals surface area contributed by atoms with Crippen molar-refractivity contribution >= 4 is 0 Å². The van der Waals surface area contributed by atoms with E-state index in [-0.39, 0.29) is 12.4 Å². The molecule has 0 radical (unpaired) electrons. The highest BCUT2D eigenvalue weighted by Gasteiger charge is 2.42. The van der Waals surface area contributed by atoms with E-state index in [9.17, 15) is 14.7 Å². The van der Waals surface area contributed by atoms with Gasteiger partial charge in [0.25, 0.3) is 5.56 Å². The van der Waals surface area contributed by atoms with Crippen LogP contribution >= 0.6 is 0 Å². The number of aliphatic hydroxyl groups is 1. The highest BCUT2D eigenvalue weighted by molar-refractivity contribution is 5.08. The molecule has 0 aromatic carbocycles. The summed E-state index contributed by atoms with van der Waals surface area (Å²) in [6, 6.07) is 0. The van der Waals surface area contributed by atoms with Crippen LogP contribution in [0.1, 0.15) is 11.8 Å². The van der Waals surface area contributed by atoms with Crippen molar-refractivity contribution in [1.29, 1.82) is 0 Å². The van der Waals surface area contributed by atoms with Crippen molar-refractivity contribution in [2.24, 2.45) is 0 Å². The summed E-state index contributed by atoms with van der Waals surface area (Å²) >= 11 is 0. The van der Waals surface area contributed by atoms with Crippen LogP contribution in [0.3, 0.4) is 0 Å². The molecule has 8 nitrogen and oxygen atoms in total. The minimum atomic E-state index is -1.06. The molecule has 1 aliphatic rings. The summed E-state index contributed by atoms with van der Waals surface area (Å²) in [7, 11) is 1.52. The molecule has 2 rings (SSSR count). The Labute approximate surface area is 120 Å². The first-order chi connectivity index (χ1) is 9.95. The van der Waals surface area contributed by atoms with Crippen molar-refractivity contribution in [2.45, 2.75) is 25.4 Å². The number of aromatic amines is 1. The molecule has 1 aromatic rings. The van der Waals surface area contributed by atoms with Gasteiger partial charge in [0.15, 0.2) is 0 Å². The van der Waals surface area contributed by atoms with Gasteiger partial charge < -0.3 is 19.3 Å². The van der Waals surface area contributed by atoms with Gasteiger partial charge in [0.2, 0.25) is 6.23 Å². The Morgan fingerprint density at radius 3 is 2.86 bits per heavy atom. The van der Waals surface area contributed by atoms with E-state index in [1.807, 2.05) is 0 Å². The molecular formula is C13H18N2O6. The first-order valence-electron chi connectivity index (χ1n) is 6.42. The Kier molecular flexibility index (Phi) is 4.61. The monoisotopic (exact) mass is 298 g/mol. The van der Waals surface area contributed by atoms with Crippen LogP contribution in [-0.4, -0.2) is 47.2 Å². The Bertz CT molecular complexity index is 634. The highest BCUT2D eigenvalue weighted by Crippen LogP contribution is 2.32. The predicted octanol–water partition coefficient (Wildman–Crippen LogP) is -0.720. The van der Waals surface area contributed by atoms with Gasteiger partial charge in [-0.1, -0.05) is 6.58 Å². The topological polar surface area (TPSA) is 103 Å². The molecule has 1 fully saturated rings. The summed E-state index contributed by atoms with van der Waals surface area (Å²) < 4.78 is 17.0. The third-order valence-corrected chi connectivity index (χ3v) is 3.21. The van der Waals surface area contributed by atoms with Crippen LogP contribution in [0.15, 0.2) is 28.1 Å². The fraction of sp³-hybridized carbons (Fsp3) is 0.538. The zero-order valence-corrected chi connectivity index (χ0v) is 11.9. The number of aromatic nitrogens is 2. The molecule has 2 heterocycles. The average molecular weight is 298 g/mol. The molecule has 0 bridgehead atoms. The number of hydrogen-bond donors (Lipinski definition) is 2. The summed E-state index contributed by atoms with van der Waals surface area (Å²) in [6.07, 6.45) is -1.40. The molecule has 1 saturated heterocycles. The maximum absolute atomic E-state index is 11.9. The van der Waals surface area contributed by atoms with Crippen molar-refractivity contribution in [1.82, 2.24) is 9.55 Å². The van der Waals surface area contributed by atoms with Crippen LogP contribution < -0.4 is 11.2 Å². The third kappa shape index (κ3) is 3.07. The number of H-pyrrole nitrogens is 1. The van der Waals surface area contributed by atoms with E-state index in [1.54, 1.807) is 6.92 Å². The second-order valence-corrected chi connectivity index (χ2v) is 4.73. The van der Waals surface area contributed by atoms with Crippen molar-refractivity contribution in [3.63, 3.8) is 0 Å². The van der Waals surface area contributed by atoms with Crippen molar-refractivity contribution in [2.75, 3.05) is 20.3 Å². The molecule has 0 saturated carbocycles. The molecule has 21 heavy (non-hydrogen) atoms. The zero-order valence-electron chi connectivity index (χ0n) is 11.9. The second kappa shape index (κ2) is 6.25. The Hall–Kier alpha value is -1.90. The number of aliphatic hydroxyl groups excluding tert-OH is 1. The normalized spacial score (nSPS) is 25.1. The van der Waals surface area contributed by atoms with Crippen LogP contribution in [0.4, 0.5) is 0 Å². The van der Waals surface area contributed by atoms with E-state index in [2.05, 4.69) is 11.6 Å². The van der Waals surface area contributed by atoms with E-state index in [0.29, 0.717) is 12.2 Å². The number of methoxy groups -OCH3 is 1. The summed E-state index contributed by atoms with van der Waals surface area (Å²) in [6.45, 7) is 5.71. The minimum absolute atomic E-state index is 0.109. The van der Waals surface area contributed by atoms with Gasteiger partial charge in [-0.25, -0.2) is 4.79 Å². The minimum Gasteiger partial charge on any atom is -0.469 e. The fourth-order valence-electron chi connectivity index (χ4n) is 2.06. The van der Waals surface area contributed by atoms with Gasteiger partial charge in [0.1, 0.15) is 18.0 Å². The van der Waals surface area contributed by atoms with Crippen molar-refractivity contribution in [3.8, 4) is 0 Å². The van der Waals surface area contributed by atoms with Crippen molar-refractivity contribution in [3.05, 3.63) is 44.9 Å². The maximum Gasteiger partial charge on any atom is 0.331 e. The van der Waals surface area contributed by atoms with Gasteiger partial charge in [-0.15, -0.1) is 0 Å². The van der Waals surface area contributed by atoms with E-state index >= 15 is 0 Å². The van der Waals surface area contributed by atoms with E-state index in [4.69, 9.17) is 14.2 Å². The standard InChI is InChI=1S/C13H18N2O6/c1-7-6-15(13(18)14-11(7)17)12-10(20-5-4-19-3)9(16)8(2)21-12/h6,9-10,12,16H,2,4-5H2,1,3H3,(H,14,17,18)/t9?,10-,12+/m0/s1. The van der Waals surface area contributed by atoms with Crippen LogP contribution in [0.5, 0.6) is 0 Å². The van der Waals surface area contributed by atoms with E-state index < -0.39 is 29.7 Å². The van der Waals surface area contributed by atoms with Crippen LogP contribution in [0.2, 0.25) is 0 Å². The van der Waals surface area contributed by atoms with Crippen LogP contribution in [0, 0.1) is 6.92 Å². The molecule has 0 amide bonds. The lowest BCUT2D eigenvalue weighted by Crippen LogP contribution is -2.39. The molecule has 0 aliphatic carbocycles. The number of nitrogens with zero attached hydrogens (tertiary/aromatic N) is 1. The third-order valence-electron chi connectivity index (χ3n) is 3.21. The lowest BCUT2D eigenvalue weighted by Gasteiger charge is -2.21. The molecule has 1 unspecified atom stereocenters. The largest absolute Gasteiger partial charge is 0.469 e. The van der Waals surface area contributed by atoms with E-state index in [1.165, 1.54) is 17.9 Å². The smallest absolute Gasteiger partial charge is 0.331 e. The molecule has 0 spiro atoms. The van der Waals surface area contributed by atoms with Crippen LogP contribution in [-0.2, 0) is 14.2 Å². The number of hydrogen-bond acceptors (Lipinski definition) is 6. The summed E-state index contributed by atoms with van der Waals surface area (Å²) in [5.74, 6) is 0.109. The van der Waals surface area contributed by atoms with Gasteiger partial charge in [-0.05, 0) is 6.92 Å². The number of rotatable bonds is 5. The summed E-state index contributed by atoms with van der Waals surface area (Å²) in [5.41, 5.74) is -0.760. The van der Waals surface area contributed by atoms with E-state index in [0.717, 1.165) is 0 Å². The maximum atomic E-state index is 11.9. The van der Waals surface area contributed by atoms with Crippen LogP contribution in [0.25, 0.3) is 0 Å². The van der Waals surface area contributed by atoms with Gasteiger partial charge in [0, 0.05) is 18.9 Å². The predicted molar refractivity (Wildman–Crippen MR) is 72.9 cm³/mol. The first kappa shape index (κ1) is 15.5. The molecule has 8 heteroatoms. The van der Waals surface area contributed by atoms with Crippen molar-refractivity contribution < 1.29 is 19.3 Å². The van der Waals surface area contributed by atoms with Gasteiger partial charge in [-0.3, -0.25) is 14.3 Å². The summed E-state index contributed by atoms with van der Waals surface area (Å²) in [5, 5.41) is 10.0. The number of nitrogens with one attached hydrogen (secondary N) is 1. The molecule has 1 aliphatic heterocycles. The molecule has 2 N–H and O–H groups in total. The Morgan fingerprint density at radius 2 is 2.19 bits per heavy atom. The average Bonchev–Trinajstić information content (AvgIpc) is 2.71. The highest BCUT2D eigenvalue weighted by atomic mass is 16.6. The second-order valence-electron chi connectivity index (χ2n) is 4.73. The number of ether oxygens (including phenoxy) is 3. The summed E-state index contributed by atoms with van der Waals surface area (Å²) in [4.78, 5) is 25.5. The molecule has 1 aromatic heterocycles. The van der Waals surface area contributed by atoms with Gasteiger partial charge in [-0.2, -0.15) is 0 Å². The lowest BCUT2D eigenvalue weighted by molar-refractivity contribution is -0.0762. The SMILES string of the molecule is C=C1O[C@@H](n2cc(C)c(=O)[nH]c2=O)[C@@H](OCCOC)C1O. The fourth-order valence-corrected chi connectivity index (χ4v) is 2.06. The molecular weight excluding hydrogens is 280 g/mol. The van der Waals surface area contributed by atoms with Gasteiger partial charge in [0.05, 0.1) is 13.2 Å². The Morgan fingerprint density at radius 1 is 1.48 bits per heavy atom. The Balaban J connectivity index is 2.32. The number of aryl methyl sites for hydroxylation is 1. The zero-order chi connectivity index (χ0) is 15.6. The lowest BCUT2D eigenvalue weighted by atomic mass is 10.2. The van der Waals surface area contributed by atoms with Gasteiger partial charge >= 0.3 is 5.69 Å².